The molecule has 0 bridgehead atoms. The van der Waals surface area contributed by atoms with Crippen LogP contribution >= 0.6 is 0 Å². The maximum Gasteiger partial charge on any atom is 0.309 e. The number of ether oxygens (including phenoxy) is 3. The van der Waals surface area contributed by atoms with E-state index in [1.54, 1.807) is 6.08 Å². The highest BCUT2D eigenvalue weighted by atomic mass is 16.6. The topological polar surface area (TPSA) is 78.9 Å². The Morgan fingerprint density at radius 3 is 1.19 bits per heavy atom. The third-order valence-corrected chi connectivity index (χ3v) is 10.3. The first-order valence-electron chi connectivity index (χ1n) is 25.2. The largest absolute Gasteiger partial charge is 0.462 e. The van der Waals surface area contributed by atoms with Gasteiger partial charge in [0.2, 0.25) is 0 Å². The highest BCUT2D eigenvalue weighted by Gasteiger charge is 2.19. The molecule has 6 nitrogen and oxygen atoms in total. The van der Waals surface area contributed by atoms with Gasteiger partial charge in [-0.05, 0) is 96.3 Å². The Morgan fingerprint density at radius 2 is 0.710 bits per heavy atom. The lowest BCUT2D eigenvalue weighted by atomic mass is 10.1. The van der Waals surface area contributed by atoms with Gasteiger partial charge in [-0.25, -0.2) is 0 Å². The number of hydrogen-bond donors (Lipinski definition) is 0. The summed E-state index contributed by atoms with van der Waals surface area (Å²) < 4.78 is 16.7. The number of hydrogen-bond acceptors (Lipinski definition) is 6. The van der Waals surface area contributed by atoms with Gasteiger partial charge in [0.25, 0.3) is 0 Å². The Hall–Kier alpha value is -3.67. The first-order chi connectivity index (χ1) is 30.5. The van der Waals surface area contributed by atoms with Gasteiger partial charge in [0.15, 0.2) is 6.10 Å². The molecule has 0 amide bonds. The fraction of sp³-hybridized carbons (Fsp3) is 0.661. The van der Waals surface area contributed by atoms with Gasteiger partial charge in [-0.3, -0.25) is 14.4 Å². The molecule has 6 heteroatoms. The van der Waals surface area contributed by atoms with Crippen molar-refractivity contribution in [1.82, 2.24) is 0 Å². The molecular weight excluding hydrogens is 769 g/mol. The molecule has 1 atom stereocenters. The molecule has 0 aromatic heterocycles. The quantitative estimate of drug-likeness (QED) is 0.0263. The minimum Gasteiger partial charge on any atom is -0.462 e. The van der Waals surface area contributed by atoms with Crippen molar-refractivity contribution in [2.45, 2.75) is 226 Å². The maximum absolute atomic E-state index is 12.8. The summed E-state index contributed by atoms with van der Waals surface area (Å²) in [6.07, 6.45) is 65.5. The summed E-state index contributed by atoms with van der Waals surface area (Å²) in [5, 5.41) is 0. The first-order valence-corrected chi connectivity index (χ1v) is 25.2. The first kappa shape index (κ1) is 58.3. The molecule has 0 N–H and O–H groups in total. The van der Waals surface area contributed by atoms with Crippen LogP contribution < -0.4 is 0 Å². The number of carbonyl (C=O) groups is 3. The molecule has 352 valence electrons. The molecule has 0 aliphatic heterocycles. The summed E-state index contributed by atoms with van der Waals surface area (Å²) in [7, 11) is 0. The molecule has 0 aliphatic rings. The third kappa shape index (κ3) is 47.4. The van der Waals surface area contributed by atoms with Gasteiger partial charge in [-0.15, -0.1) is 0 Å². The van der Waals surface area contributed by atoms with E-state index in [0.717, 1.165) is 109 Å². The number of carbonyl (C=O) groups excluding carboxylic acids is 3. The Labute approximate surface area is 381 Å². The lowest BCUT2D eigenvalue weighted by molar-refractivity contribution is -0.166. The van der Waals surface area contributed by atoms with E-state index in [4.69, 9.17) is 14.2 Å². The highest BCUT2D eigenvalue weighted by Crippen LogP contribution is 2.13. The van der Waals surface area contributed by atoms with Gasteiger partial charge < -0.3 is 14.2 Å². The van der Waals surface area contributed by atoms with E-state index < -0.39 is 12.1 Å². The Morgan fingerprint density at radius 1 is 0.355 bits per heavy atom. The molecule has 0 rings (SSSR count). The molecule has 62 heavy (non-hydrogen) atoms. The average Bonchev–Trinajstić information content (AvgIpc) is 3.27. The predicted molar refractivity (Wildman–Crippen MR) is 265 cm³/mol. The molecule has 0 radical (unpaired) electrons. The summed E-state index contributed by atoms with van der Waals surface area (Å²) in [5.74, 6) is -1.08. The Bertz CT molecular complexity index is 1260. The van der Waals surface area contributed by atoms with Gasteiger partial charge in [-0.1, -0.05) is 201 Å². The van der Waals surface area contributed by atoms with Crippen molar-refractivity contribution in [3.63, 3.8) is 0 Å². The van der Waals surface area contributed by atoms with Crippen molar-refractivity contribution in [1.29, 1.82) is 0 Å². The summed E-state index contributed by atoms with van der Waals surface area (Å²) in [6, 6.07) is 0. The number of allylic oxidation sites excluding steroid dienone is 15. The van der Waals surface area contributed by atoms with E-state index in [1.165, 1.54) is 70.6 Å². The van der Waals surface area contributed by atoms with Crippen LogP contribution in [0.5, 0.6) is 0 Å². The van der Waals surface area contributed by atoms with Crippen LogP contribution in [0.3, 0.4) is 0 Å². The van der Waals surface area contributed by atoms with Gasteiger partial charge >= 0.3 is 17.9 Å². The Kier molecular flexibility index (Phi) is 47.0. The summed E-state index contributed by atoms with van der Waals surface area (Å²) in [6.45, 7) is 6.36. The van der Waals surface area contributed by atoms with E-state index in [9.17, 15) is 14.4 Å². The smallest absolute Gasteiger partial charge is 0.309 e. The molecular formula is C56H92O6. The van der Waals surface area contributed by atoms with Crippen LogP contribution in [0.4, 0.5) is 0 Å². The number of rotatable bonds is 44. The zero-order valence-corrected chi connectivity index (χ0v) is 40.1. The summed E-state index contributed by atoms with van der Waals surface area (Å²) >= 11 is 0. The molecule has 0 spiro atoms. The molecule has 0 aromatic carbocycles. The van der Waals surface area contributed by atoms with E-state index in [1.807, 2.05) is 6.08 Å². The summed E-state index contributed by atoms with van der Waals surface area (Å²) in [4.78, 5) is 37.9. The molecule has 0 fully saturated rings. The average molecular weight is 861 g/mol. The Balaban J connectivity index is 4.55. The van der Waals surface area contributed by atoms with Gasteiger partial charge in [0, 0.05) is 12.8 Å². The van der Waals surface area contributed by atoms with Crippen molar-refractivity contribution in [3.8, 4) is 0 Å². The van der Waals surface area contributed by atoms with Crippen molar-refractivity contribution in [2.24, 2.45) is 0 Å². The molecule has 0 saturated carbocycles. The van der Waals surface area contributed by atoms with Crippen molar-refractivity contribution >= 4 is 17.9 Å². The second kappa shape index (κ2) is 50.0. The lowest BCUT2D eigenvalue weighted by Crippen LogP contribution is -2.30. The van der Waals surface area contributed by atoms with Crippen LogP contribution in [0.25, 0.3) is 0 Å². The van der Waals surface area contributed by atoms with Crippen LogP contribution in [0.15, 0.2) is 97.2 Å². The highest BCUT2D eigenvalue weighted by molar-refractivity contribution is 5.72. The second-order valence-corrected chi connectivity index (χ2v) is 16.4. The van der Waals surface area contributed by atoms with Crippen LogP contribution in [0, 0.1) is 0 Å². The number of esters is 3. The zero-order chi connectivity index (χ0) is 45.1. The number of unbranched alkanes of at least 4 members (excludes halogenated alkanes) is 18. The lowest BCUT2D eigenvalue weighted by Gasteiger charge is -2.18. The minimum absolute atomic E-state index is 0.119. The van der Waals surface area contributed by atoms with Crippen molar-refractivity contribution < 1.29 is 28.6 Å². The molecule has 0 saturated heterocycles. The second-order valence-electron chi connectivity index (χ2n) is 16.4. The van der Waals surface area contributed by atoms with Gasteiger partial charge in [0.1, 0.15) is 13.2 Å². The third-order valence-electron chi connectivity index (χ3n) is 10.3. The standard InChI is InChI=1S/C56H92O6/c1-4-7-10-13-16-19-22-25-28-31-34-37-40-43-46-49-55(58)61-52-53(51-60-54(57)48-45-42-39-36-33-30-27-24-21-18-15-12-9-6-3)62-56(59)50-47-44-41-38-35-32-29-26-23-20-17-14-11-8-5-2/h7,10,15-16,18-19,24-29,34,37,43,46,53H,4-6,8-9,11-14,17,20-23,30-33,35-36,38-42,44-45,47-52H2,1-3H3/b10-7-,18-15-,19-16-,27-24-,28-25-,29-26-,37-34-,46-43-. The van der Waals surface area contributed by atoms with Crippen LogP contribution in [0.1, 0.15) is 220 Å². The van der Waals surface area contributed by atoms with Crippen LogP contribution in [0.2, 0.25) is 0 Å². The zero-order valence-electron chi connectivity index (χ0n) is 40.1. The SMILES string of the molecule is CC/C=C\C/C=C\C/C=C\C/C=C\C/C=C\CC(=O)OCC(COC(=O)CCCCCCC/C=C\C/C=C\CCCC)OC(=O)CCCCCCC/C=C\CCCCCCCC. The molecule has 0 aromatic rings. The van der Waals surface area contributed by atoms with Crippen LogP contribution in [-0.4, -0.2) is 37.2 Å². The van der Waals surface area contributed by atoms with E-state index in [-0.39, 0.29) is 31.6 Å². The van der Waals surface area contributed by atoms with E-state index in [0.29, 0.717) is 12.8 Å². The van der Waals surface area contributed by atoms with E-state index in [2.05, 4.69) is 106 Å². The summed E-state index contributed by atoms with van der Waals surface area (Å²) in [5.41, 5.74) is 0. The molecule has 0 heterocycles. The van der Waals surface area contributed by atoms with Crippen LogP contribution in [-0.2, 0) is 28.6 Å². The van der Waals surface area contributed by atoms with Gasteiger partial charge in [-0.2, -0.15) is 0 Å². The monoisotopic (exact) mass is 861 g/mol. The maximum atomic E-state index is 12.8. The molecule has 1 unspecified atom stereocenters. The van der Waals surface area contributed by atoms with Crippen molar-refractivity contribution in [2.75, 3.05) is 13.2 Å². The predicted octanol–water partition coefficient (Wildman–Crippen LogP) is 16.6. The fourth-order valence-corrected chi connectivity index (χ4v) is 6.52. The fourth-order valence-electron chi connectivity index (χ4n) is 6.52. The molecule has 0 aliphatic carbocycles. The van der Waals surface area contributed by atoms with Crippen molar-refractivity contribution in [3.05, 3.63) is 97.2 Å². The van der Waals surface area contributed by atoms with E-state index >= 15 is 0 Å². The van der Waals surface area contributed by atoms with Gasteiger partial charge in [0.05, 0.1) is 6.42 Å². The minimum atomic E-state index is -0.827. The normalized spacial score (nSPS) is 12.9.